The van der Waals surface area contributed by atoms with Crippen LogP contribution in [0.5, 0.6) is 0 Å². The van der Waals surface area contributed by atoms with Crippen LogP contribution >= 0.6 is 0 Å². The van der Waals surface area contributed by atoms with Crippen LogP contribution in [0.1, 0.15) is 57.1 Å². The largest absolute Gasteiger partial charge is 0.376 e. The molecule has 1 aromatic heterocycles. The lowest BCUT2D eigenvalue weighted by atomic mass is 10.0. The van der Waals surface area contributed by atoms with E-state index in [0.29, 0.717) is 6.54 Å². The van der Waals surface area contributed by atoms with Crippen molar-refractivity contribution in [1.82, 2.24) is 30.3 Å². The molecule has 0 aromatic carbocycles. The lowest BCUT2D eigenvalue weighted by molar-refractivity contribution is 0.113. The molecule has 2 aliphatic heterocycles. The molecule has 3 rings (SSSR count). The number of nitrogens with one attached hydrogen (secondary N) is 2. The Hall–Kier alpha value is -1.67. The molecule has 0 saturated carbocycles. The second-order valence-electron chi connectivity index (χ2n) is 7.92. The summed E-state index contributed by atoms with van der Waals surface area (Å²) in [6.45, 7) is 9.61. The molecule has 1 aromatic rings. The van der Waals surface area contributed by atoms with Crippen molar-refractivity contribution in [3.63, 3.8) is 0 Å². The minimum atomic E-state index is 0.288. The summed E-state index contributed by atoms with van der Waals surface area (Å²) in [5.74, 6) is 2.61. The molecule has 2 saturated heterocycles. The molecule has 2 fully saturated rings. The number of guanidine groups is 1. The predicted octanol–water partition coefficient (Wildman–Crippen LogP) is 1.60. The summed E-state index contributed by atoms with van der Waals surface area (Å²) in [5, 5.41) is 15.3. The molecule has 28 heavy (non-hydrogen) atoms. The summed E-state index contributed by atoms with van der Waals surface area (Å²) in [6.07, 6.45) is 7.82. The summed E-state index contributed by atoms with van der Waals surface area (Å²) in [5.41, 5.74) is 0. The van der Waals surface area contributed by atoms with E-state index in [9.17, 15) is 0 Å². The lowest BCUT2D eigenvalue weighted by Crippen LogP contribution is -2.47. The zero-order valence-electron chi connectivity index (χ0n) is 17.8. The number of hydrogen-bond acceptors (Lipinski definition) is 5. The van der Waals surface area contributed by atoms with Gasteiger partial charge in [0.25, 0.3) is 0 Å². The molecule has 2 atom stereocenters. The van der Waals surface area contributed by atoms with E-state index in [-0.39, 0.29) is 6.10 Å². The maximum absolute atomic E-state index is 5.74. The molecule has 0 spiro atoms. The van der Waals surface area contributed by atoms with E-state index in [4.69, 9.17) is 9.73 Å². The highest BCUT2D eigenvalue weighted by molar-refractivity contribution is 5.79. The highest BCUT2D eigenvalue weighted by Crippen LogP contribution is 2.18. The highest BCUT2D eigenvalue weighted by Gasteiger charge is 2.20. The number of nitrogens with zero attached hydrogens (tertiary/aromatic N) is 5. The molecular weight excluding hydrogens is 354 g/mol. The minimum absolute atomic E-state index is 0.288. The fourth-order valence-electron chi connectivity index (χ4n) is 4.06. The molecular formula is C20H37N7O. The Labute approximate surface area is 169 Å². The van der Waals surface area contributed by atoms with Gasteiger partial charge in [-0.25, -0.2) is 4.99 Å². The topological polar surface area (TPSA) is 79.6 Å². The lowest BCUT2D eigenvalue weighted by Gasteiger charge is -2.35. The van der Waals surface area contributed by atoms with Crippen molar-refractivity contribution >= 4 is 5.96 Å². The normalized spacial score (nSPS) is 23.9. The number of aromatic nitrogens is 3. The third kappa shape index (κ3) is 5.91. The Morgan fingerprint density at radius 3 is 2.82 bits per heavy atom. The van der Waals surface area contributed by atoms with Crippen LogP contribution in [0.15, 0.2) is 4.99 Å². The second kappa shape index (κ2) is 10.8. The van der Waals surface area contributed by atoms with Gasteiger partial charge in [0.1, 0.15) is 12.4 Å². The number of hydrogen-bond donors (Lipinski definition) is 2. The molecule has 0 radical (unpaired) electrons. The molecule has 8 nitrogen and oxygen atoms in total. The number of piperidine rings is 1. The molecule has 0 amide bonds. The van der Waals surface area contributed by atoms with Gasteiger partial charge in [-0.2, -0.15) is 0 Å². The fourth-order valence-corrected chi connectivity index (χ4v) is 4.06. The van der Waals surface area contributed by atoms with Crippen LogP contribution in [-0.4, -0.2) is 70.6 Å². The third-order valence-corrected chi connectivity index (χ3v) is 5.99. The summed E-state index contributed by atoms with van der Waals surface area (Å²) in [4.78, 5) is 7.37. The molecule has 8 heteroatoms. The second-order valence-corrected chi connectivity index (χ2v) is 7.92. The Kier molecular flexibility index (Phi) is 8.09. The third-order valence-electron chi connectivity index (χ3n) is 5.99. The van der Waals surface area contributed by atoms with Gasteiger partial charge in [0.05, 0.1) is 6.10 Å². The van der Waals surface area contributed by atoms with Gasteiger partial charge in [-0.15, -0.1) is 10.2 Å². The van der Waals surface area contributed by atoms with Crippen LogP contribution in [0, 0.1) is 6.92 Å². The van der Waals surface area contributed by atoms with Crippen LogP contribution in [-0.2, 0) is 18.3 Å². The summed E-state index contributed by atoms with van der Waals surface area (Å²) in [6, 6.07) is 0.734. The predicted molar refractivity (Wildman–Crippen MR) is 111 cm³/mol. The first-order valence-corrected chi connectivity index (χ1v) is 10.9. The van der Waals surface area contributed by atoms with Crippen molar-refractivity contribution in [3.8, 4) is 0 Å². The van der Waals surface area contributed by atoms with Crippen LogP contribution in [0.4, 0.5) is 0 Å². The first-order valence-electron chi connectivity index (χ1n) is 10.9. The van der Waals surface area contributed by atoms with E-state index in [1.807, 2.05) is 18.5 Å². The van der Waals surface area contributed by atoms with Gasteiger partial charge in [0.2, 0.25) is 0 Å². The van der Waals surface area contributed by atoms with Crippen molar-refractivity contribution in [2.75, 3.05) is 32.8 Å². The van der Waals surface area contributed by atoms with E-state index in [1.165, 1.54) is 32.2 Å². The SMILES string of the molecule is CCC1CCCCN1CCNC(=NCc1nnc(C)n1C)NCC1CCCO1. The average molecular weight is 392 g/mol. The summed E-state index contributed by atoms with van der Waals surface area (Å²) < 4.78 is 7.72. The van der Waals surface area contributed by atoms with E-state index < -0.39 is 0 Å². The van der Waals surface area contributed by atoms with Crippen molar-refractivity contribution < 1.29 is 4.74 Å². The Morgan fingerprint density at radius 1 is 1.21 bits per heavy atom. The Balaban J connectivity index is 1.53. The van der Waals surface area contributed by atoms with Crippen molar-refractivity contribution in [3.05, 3.63) is 11.6 Å². The van der Waals surface area contributed by atoms with E-state index >= 15 is 0 Å². The van der Waals surface area contributed by atoms with E-state index in [0.717, 1.165) is 62.7 Å². The number of aryl methyl sites for hydroxylation is 1. The first-order chi connectivity index (χ1) is 13.7. The molecule has 3 heterocycles. The van der Waals surface area contributed by atoms with Gasteiger partial charge in [-0.1, -0.05) is 13.3 Å². The van der Waals surface area contributed by atoms with Crippen LogP contribution in [0.2, 0.25) is 0 Å². The van der Waals surface area contributed by atoms with Crippen molar-refractivity contribution in [2.24, 2.45) is 12.0 Å². The molecule has 2 unspecified atom stereocenters. The minimum Gasteiger partial charge on any atom is -0.376 e. The number of ether oxygens (including phenoxy) is 1. The average Bonchev–Trinajstić information content (AvgIpc) is 3.35. The molecule has 2 N–H and O–H groups in total. The summed E-state index contributed by atoms with van der Waals surface area (Å²) in [7, 11) is 1.98. The van der Waals surface area contributed by atoms with Gasteiger partial charge in [0, 0.05) is 39.3 Å². The Morgan fingerprint density at radius 2 is 2.11 bits per heavy atom. The Bertz CT molecular complexity index is 624. The zero-order valence-corrected chi connectivity index (χ0v) is 17.8. The molecule has 2 aliphatic rings. The van der Waals surface area contributed by atoms with Crippen LogP contribution in [0.3, 0.4) is 0 Å². The summed E-state index contributed by atoms with van der Waals surface area (Å²) >= 11 is 0. The number of likely N-dealkylation sites (tertiary alicyclic amines) is 1. The quantitative estimate of drug-likeness (QED) is 0.518. The zero-order chi connectivity index (χ0) is 19.8. The van der Waals surface area contributed by atoms with Gasteiger partial charge in [0.15, 0.2) is 11.8 Å². The monoisotopic (exact) mass is 391 g/mol. The van der Waals surface area contributed by atoms with Gasteiger partial charge in [-0.3, -0.25) is 4.90 Å². The maximum Gasteiger partial charge on any atom is 0.191 e. The maximum atomic E-state index is 5.74. The fraction of sp³-hybridized carbons (Fsp3) is 0.850. The standard InChI is InChI=1S/C20H37N7O/c1-4-17-8-5-6-11-27(17)12-10-21-20(22-14-18-9-7-13-28-18)23-15-19-25-24-16(2)26(19)3/h17-18H,4-15H2,1-3H3,(H2,21,22,23). The number of aliphatic imine (C=N–C) groups is 1. The van der Waals surface area contributed by atoms with Gasteiger partial charge in [-0.05, 0) is 45.6 Å². The van der Waals surface area contributed by atoms with E-state index in [2.05, 4.69) is 32.7 Å². The van der Waals surface area contributed by atoms with Gasteiger partial charge < -0.3 is 19.9 Å². The van der Waals surface area contributed by atoms with Gasteiger partial charge >= 0.3 is 0 Å². The molecule has 0 aliphatic carbocycles. The van der Waals surface area contributed by atoms with E-state index in [1.54, 1.807) is 0 Å². The smallest absolute Gasteiger partial charge is 0.191 e. The van der Waals surface area contributed by atoms with Crippen LogP contribution < -0.4 is 10.6 Å². The van der Waals surface area contributed by atoms with Crippen molar-refractivity contribution in [2.45, 2.75) is 71.1 Å². The number of rotatable bonds is 8. The first kappa shape index (κ1) is 21.0. The van der Waals surface area contributed by atoms with Crippen LogP contribution in [0.25, 0.3) is 0 Å². The highest BCUT2D eigenvalue weighted by atomic mass is 16.5. The van der Waals surface area contributed by atoms with Crippen molar-refractivity contribution in [1.29, 1.82) is 0 Å². The molecule has 0 bridgehead atoms. The molecule has 158 valence electrons.